The molecule has 4 rings (SSSR count). The predicted octanol–water partition coefficient (Wildman–Crippen LogP) is 6.79. The Hall–Kier alpha value is -4.07. The van der Waals surface area contributed by atoms with Crippen molar-refractivity contribution in [3.63, 3.8) is 0 Å². The summed E-state index contributed by atoms with van der Waals surface area (Å²) in [5.74, 6) is -3.69. The van der Waals surface area contributed by atoms with Crippen molar-refractivity contribution in [3.8, 4) is 5.75 Å². The molecule has 0 bridgehead atoms. The highest BCUT2D eigenvalue weighted by molar-refractivity contribution is 7.54. The number of carbonyl (C=O) groups excluding carboxylic acids is 5. The predicted molar refractivity (Wildman–Crippen MR) is 207 cm³/mol. The first kappa shape index (κ1) is 43.7. The second-order valence-electron chi connectivity index (χ2n) is 14.6. The molecule has 0 spiro atoms. The summed E-state index contributed by atoms with van der Waals surface area (Å²) in [5.41, 5.74) is -0.720. The molecule has 55 heavy (non-hydrogen) atoms. The van der Waals surface area contributed by atoms with Crippen LogP contribution in [0.15, 0.2) is 54.7 Å². The van der Waals surface area contributed by atoms with Crippen molar-refractivity contribution in [2.45, 2.75) is 84.9 Å². The molecule has 17 heteroatoms. The lowest BCUT2D eigenvalue weighted by atomic mass is 9.91. The number of benzene rings is 2. The molecule has 3 atom stereocenters. The normalized spacial score (nSPS) is 16.1. The third-order valence-electron chi connectivity index (χ3n) is 8.81. The number of para-hydroxylation sites is 1. The number of hydrogen-bond donors (Lipinski definition) is 2. The number of Topliss-reactive ketones (excluding diaryl/α,β-unsaturated/α-hetero) is 1. The lowest BCUT2D eigenvalue weighted by Gasteiger charge is -2.37. The lowest BCUT2D eigenvalue weighted by molar-refractivity contribution is -0.156. The van der Waals surface area contributed by atoms with Crippen LogP contribution < -0.4 is 14.9 Å². The van der Waals surface area contributed by atoms with E-state index in [0.717, 1.165) is 4.68 Å². The fraction of sp³-hybridized carbons (Fsp3) is 0.474. The topological polar surface area (TPSA) is 175 Å². The minimum atomic E-state index is -3.84. The second kappa shape index (κ2) is 18.7. The van der Waals surface area contributed by atoms with Crippen molar-refractivity contribution in [2.24, 2.45) is 11.8 Å². The van der Waals surface area contributed by atoms with E-state index in [9.17, 15) is 28.5 Å². The van der Waals surface area contributed by atoms with E-state index >= 15 is 0 Å². The first-order valence-corrected chi connectivity index (χ1v) is 20.2. The highest BCUT2D eigenvalue weighted by Crippen LogP contribution is 2.48. The van der Waals surface area contributed by atoms with E-state index in [4.69, 9.17) is 37.2 Å². The van der Waals surface area contributed by atoms with Crippen LogP contribution in [0, 0.1) is 11.8 Å². The third kappa shape index (κ3) is 11.7. The molecular weight excluding hydrogens is 772 g/mol. The van der Waals surface area contributed by atoms with Gasteiger partial charge in [-0.1, -0.05) is 61.3 Å². The smallest absolute Gasteiger partial charge is 0.393 e. The average molecular weight is 821 g/mol. The number of methoxy groups -OCH3 is 1. The zero-order valence-corrected chi connectivity index (χ0v) is 34.4. The Morgan fingerprint density at radius 3 is 2.15 bits per heavy atom. The van der Waals surface area contributed by atoms with Crippen LogP contribution in [0.25, 0.3) is 0 Å². The first-order chi connectivity index (χ1) is 25.8. The molecule has 1 aromatic heterocycles. The minimum absolute atomic E-state index is 0.0610. The fourth-order valence-corrected chi connectivity index (χ4v) is 8.70. The summed E-state index contributed by atoms with van der Waals surface area (Å²) in [4.78, 5) is 66.4. The van der Waals surface area contributed by atoms with Gasteiger partial charge in [0.1, 0.15) is 17.4 Å². The maximum absolute atomic E-state index is 14.3. The van der Waals surface area contributed by atoms with Gasteiger partial charge in [-0.2, -0.15) is 5.10 Å². The number of ether oxygens (including phenoxy) is 2. The van der Waals surface area contributed by atoms with Crippen LogP contribution in [0.1, 0.15) is 92.0 Å². The van der Waals surface area contributed by atoms with Crippen molar-refractivity contribution in [3.05, 3.63) is 81.6 Å². The zero-order valence-electron chi connectivity index (χ0n) is 32.0. The van der Waals surface area contributed by atoms with Gasteiger partial charge >= 0.3 is 19.6 Å². The van der Waals surface area contributed by atoms with Crippen molar-refractivity contribution in [1.29, 1.82) is 0 Å². The van der Waals surface area contributed by atoms with Crippen LogP contribution >= 0.6 is 30.9 Å². The molecule has 2 N–H and O–H groups in total. The number of hydrogen-bond acceptors (Lipinski definition) is 10. The molecule has 1 unspecified atom stereocenters. The molecule has 1 saturated heterocycles. The minimum Gasteiger partial charge on any atom is -0.468 e. The summed E-state index contributed by atoms with van der Waals surface area (Å²) in [6.45, 7) is 10.7. The third-order valence-corrected chi connectivity index (χ3v) is 11.8. The number of rotatable bonds is 15. The highest BCUT2D eigenvalue weighted by Gasteiger charge is 2.40. The standard InChI is InChI=1S/C38H48Cl2N5O9P/c1-23(2)28(21-32(47)53-38(4,5)6)36(49)45-22-25(20-31(46)33-29(39)14-11-15-30(33)40)34(42-45)35(48)41-26-16-18-44(19-17-26)55(51,43-24(3)37(50)52-7)54-27-12-9-8-10-13-27/h8-15,22-24,26,28H,16-21H2,1-7H3,(H,41,48)(H,43,51)/t24-,28-,55?/m0/s1. The SMILES string of the molecule is COC(=O)[C@H](C)NP(=O)(Oc1ccccc1)N1CCC(NC(=O)c2nn(C(=O)[C@@H](CC(=O)OC(C)(C)C)C(C)C)cc2CC(=O)c2c(Cl)cccc2Cl)CC1. The van der Waals surface area contributed by atoms with Crippen LogP contribution in [-0.4, -0.2) is 81.9 Å². The quantitative estimate of drug-likeness (QED) is 0.0935. The van der Waals surface area contributed by atoms with Crippen molar-refractivity contribution >= 4 is 60.4 Å². The van der Waals surface area contributed by atoms with Crippen molar-refractivity contribution < 1.29 is 42.5 Å². The number of carbonyl (C=O) groups is 5. The molecule has 1 fully saturated rings. The maximum Gasteiger partial charge on any atom is 0.393 e. The summed E-state index contributed by atoms with van der Waals surface area (Å²) in [6.07, 6.45) is 1.40. The van der Waals surface area contributed by atoms with Gasteiger partial charge < -0.3 is 19.3 Å². The largest absolute Gasteiger partial charge is 0.468 e. The second-order valence-corrected chi connectivity index (χ2v) is 17.5. The molecule has 1 amide bonds. The Balaban J connectivity index is 1.58. The van der Waals surface area contributed by atoms with Gasteiger partial charge in [0, 0.05) is 37.3 Å². The number of nitrogens with zero attached hydrogens (tertiary/aromatic N) is 3. The number of aromatic nitrogens is 2. The number of piperidine rings is 1. The number of esters is 2. The van der Waals surface area contributed by atoms with Gasteiger partial charge in [0.05, 0.1) is 35.1 Å². The Bertz CT molecular complexity index is 1900. The molecule has 298 valence electrons. The van der Waals surface area contributed by atoms with Gasteiger partial charge in [0.2, 0.25) is 0 Å². The van der Waals surface area contributed by atoms with Crippen LogP contribution in [0.2, 0.25) is 10.0 Å². The summed E-state index contributed by atoms with van der Waals surface area (Å²) in [7, 11) is -2.61. The lowest BCUT2D eigenvalue weighted by Crippen LogP contribution is -2.47. The van der Waals surface area contributed by atoms with E-state index in [1.165, 1.54) is 32.4 Å². The van der Waals surface area contributed by atoms with E-state index in [0.29, 0.717) is 18.6 Å². The van der Waals surface area contributed by atoms with Crippen LogP contribution in [0.5, 0.6) is 5.75 Å². The van der Waals surface area contributed by atoms with Crippen molar-refractivity contribution in [1.82, 2.24) is 24.9 Å². The Morgan fingerprint density at radius 2 is 1.58 bits per heavy atom. The molecule has 1 aliphatic heterocycles. The molecular formula is C38H48Cl2N5O9P. The summed E-state index contributed by atoms with van der Waals surface area (Å²) < 4.78 is 33.1. The molecule has 0 radical (unpaired) electrons. The van der Waals surface area contributed by atoms with E-state index in [-0.39, 0.29) is 58.7 Å². The van der Waals surface area contributed by atoms with Gasteiger partial charge in [-0.25, -0.2) is 19.0 Å². The van der Waals surface area contributed by atoms with E-state index in [2.05, 4.69) is 15.5 Å². The molecule has 14 nitrogen and oxygen atoms in total. The average Bonchev–Trinajstić information content (AvgIpc) is 3.53. The number of amides is 1. The summed E-state index contributed by atoms with van der Waals surface area (Å²) in [5, 5.41) is 10.4. The van der Waals surface area contributed by atoms with Crippen LogP contribution in [0.3, 0.4) is 0 Å². The van der Waals surface area contributed by atoms with E-state index in [1.807, 2.05) is 0 Å². The van der Waals surface area contributed by atoms with E-state index < -0.39 is 60.8 Å². The number of ketones is 1. The van der Waals surface area contributed by atoms with E-state index in [1.54, 1.807) is 75.7 Å². The van der Waals surface area contributed by atoms with Crippen LogP contribution in [-0.2, 0) is 30.0 Å². The van der Waals surface area contributed by atoms with Gasteiger partial charge in [0.15, 0.2) is 11.5 Å². The zero-order chi connectivity index (χ0) is 40.7. The van der Waals surface area contributed by atoms with Crippen LogP contribution in [0.4, 0.5) is 0 Å². The monoisotopic (exact) mass is 819 g/mol. The van der Waals surface area contributed by atoms with Gasteiger partial charge in [-0.05, 0) is 70.7 Å². The molecule has 2 aromatic carbocycles. The number of halogens is 2. The van der Waals surface area contributed by atoms with Gasteiger partial charge in [-0.3, -0.25) is 24.0 Å². The first-order valence-electron chi connectivity index (χ1n) is 17.9. The number of nitrogens with one attached hydrogen (secondary N) is 2. The molecule has 0 aliphatic carbocycles. The highest BCUT2D eigenvalue weighted by atomic mass is 35.5. The van der Waals surface area contributed by atoms with Gasteiger partial charge in [-0.15, -0.1) is 0 Å². The Morgan fingerprint density at radius 1 is 0.964 bits per heavy atom. The summed E-state index contributed by atoms with van der Waals surface area (Å²) >= 11 is 12.6. The molecule has 1 aliphatic rings. The van der Waals surface area contributed by atoms with Gasteiger partial charge in [0.25, 0.3) is 11.8 Å². The fourth-order valence-electron chi connectivity index (χ4n) is 6.00. The maximum atomic E-state index is 14.3. The molecule has 0 saturated carbocycles. The van der Waals surface area contributed by atoms with Crippen molar-refractivity contribution in [2.75, 3.05) is 20.2 Å². The Kier molecular flexibility index (Phi) is 14.9. The Labute approximate surface area is 331 Å². The summed E-state index contributed by atoms with van der Waals surface area (Å²) in [6, 6.07) is 11.8. The molecule has 2 heterocycles. The molecule has 3 aromatic rings.